The van der Waals surface area contributed by atoms with Gasteiger partial charge in [0.05, 0.1) is 0 Å². The van der Waals surface area contributed by atoms with Crippen LogP contribution in [0.4, 0.5) is 10.1 Å². The largest absolute Gasteiger partial charge is 0.384 e. The first-order valence-electron chi connectivity index (χ1n) is 7.07. The molecule has 0 aliphatic rings. The van der Waals surface area contributed by atoms with Crippen molar-refractivity contribution in [2.24, 2.45) is 0 Å². The van der Waals surface area contributed by atoms with E-state index in [4.69, 9.17) is 11.6 Å². The van der Waals surface area contributed by atoms with Gasteiger partial charge in [0.25, 0.3) is 0 Å². The molecule has 0 fully saturated rings. The second-order valence-corrected chi connectivity index (χ2v) is 5.36. The number of hydrogen-bond donors (Lipinski definition) is 2. The summed E-state index contributed by atoms with van der Waals surface area (Å²) >= 11 is 6.03. The second kappa shape index (κ2) is 7.80. The first-order chi connectivity index (χ1) is 10.6. The molecule has 0 heterocycles. The van der Waals surface area contributed by atoms with Gasteiger partial charge in [-0.2, -0.15) is 0 Å². The fraction of sp³-hybridized carbons (Fsp3) is 0.235. The number of nitrogens with one attached hydrogen (secondary N) is 2. The zero-order valence-corrected chi connectivity index (χ0v) is 13.1. The van der Waals surface area contributed by atoms with Crippen LogP contribution in [0.15, 0.2) is 42.5 Å². The Balaban J connectivity index is 1.76. The lowest BCUT2D eigenvalue weighted by Crippen LogP contribution is -2.25. The van der Waals surface area contributed by atoms with Gasteiger partial charge < -0.3 is 10.6 Å². The van der Waals surface area contributed by atoms with Crippen molar-refractivity contribution in [3.8, 4) is 0 Å². The van der Waals surface area contributed by atoms with Crippen molar-refractivity contribution in [2.75, 3.05) is 11.9 Å². The van der Waals surface area contributed by atoms with E-state index >= 15 is 0 Å². The molecule has 0 bridgehead atoms. The first kappa shape index (κ1) is 16.3. The maximum absolute atomic E-state index is 13.4. The average Bonchev–Trinajstić information content (AvgIpc) is 2.51. The molecule has 0 radical (unpaired) electrons. The van der Waals surface area contributed by atoms with Gasteiger partial charge in [0.1, 0.15) is 5.82 Å². The van der Waals surface area contributed by atoms with Crippen LogP contribution in [0.1, 0.15) is 17.5 Å². The Morgan fingerprint density at radius 2 is 1.95 bits per heavy atom. The van der Waals surface area contributed by atoms with E-state index in [1.165, 1.54) is 6.07 Å². The summed E-state index contributed by atoms with van der Waals surface area (Å²) in [5.74, 6) is -0.439. The summed E-state index contributed by atoms with van der Waals surface area (Å²) in [7, 11) is 0. The van der Waals surface area contributed by atoms with Crippen LogP contribution >= 0.6 is 11.6 Å². The topological polar surface area (TPSA) is 41.1 Å². The lowest BCUT2D eigenvalue weighted by molar-refractivity contribution is -0.121. The quantitative estimate of drug-likeness (QED) is 0.847. The fourth-order valence-corrected chi connectivity index (χ4v) is 2.21. The van der Waals surface area contributed by atoms with E-state index < -0.39 is 0 Å². The van der Waals surface area contributed by atoms with Crippen molar-refractivity contribution in [3.63, 3.8) is 0 Å². The molecule has 0 aliphatic heterocycles. The van der Waals surface area contributed by atoms with Gasteiger partial charge in [0, 0.05) is 35.8 Å². The van der Waals surface area contributed by atoms with Gasteiger partial charge in [0.2, 0.25) is 5.91 Å². The molecule has 2 rings (SSSR count). The number of amides is 1. The third kappa shape index (κ3) is 4.46. The van der Waals surface area contributed by atoms with Crippen LogP contribution in [0.25, 0.3) is 0 Å². The summed E-state index contributed by atoms with van der Waals surface area (Å²) in [5, 5.41) is 6.57. The molecular weight excluding hydrogens is 303 g/mol. The van der Waals surface area contributed by atoms with E-state index in [0.717, 1.165) is 11.3 Å². The van der Waals surface area contributed by atoms with Gasteiger partial charge in [-0.1, -0.05) is 35.9 Å². The minimum atomic E-state index is -0.310. The molecular formula is C17H18ClFN2O. The van der Waals surface area contributed by atoms with Crippen molar-refractivity contribution in [1.29, 1.82) is 0 Å². The molecule has 5 heteroatoms. The van der Waals surface area contributed by atoms with E-state index in [0.29, 0.717) is 23.6 Å². The number of halogens is 2. The normalized spacial score (nSPS) is 10.3. The van der Waals surface area contributed by atoms with Crippen molar-refractivity contribution in [2.45, 2.75) is 19.9 Å². The number of hydrogen-bond acceptors (Lipinski definition) is 2. The molecule has 0 saturated heterocycles. The fourth-order valence-electron chi connectivity index (χ4n) is 2.03. The van der Waals surface area contributed by atoms with E-state index in [2.05, 4.69) is 10.6 Å². The standard InChI is InChI=1S/C17H18ClFN2O/c1-12-14(18)6-4-8-16(12)20-10-9-17(22)21-11-13-5-2-3-7-15(13)19/h2-8,20H,9-11H2,1H3,(H,21,22). The van der Waals surface area contributed by atoms with Crippen molar-refractivity contribution in [3.05, 3.63) is 64.4 Å². The lowest BCUT2D eigenvalue weighted by atomic mass is 10.2. The highest BCUT2D eigenvalue weighted by molar-refractivity contribution is 6.31. The van der Waals surface area contributed by atoms with E-state index in [1.807, 2.05) is 25.1 Å². The summed E-state index contributed by atoms with van der Waals surface area (Å²) in [6, 6.07) is 12.0. The molecule has 0 aliphatic carbocycles. The molecule has 2 N–H and O–H groups in total. The number of anilines is 1. The molecule has 0 saturated carbocycles. The zero-order valence-electron chi connectivity index (χ0n) is 12.3. The molecule has 2 aromatic rings. The molecule has 0 aromatic heterocycles. The third-order valence-electron chi connectivity index (χ3n) is 3.37. The van der Waals surface area contributed by atoms with Gasteiger partial charge in [-0.3, -0.25) is 4.79 Å². The van der Waals surface area contributed by atoms with E-state index in [1.54, 1.807) is 18.2 Å². The van der Waals surface area contributed by atoms with Crippen molar-refractivity contribution < 1.29 is 9.18 Å². The Kier molecular flexibility index (Phi) is 5.78. The molecule has 0 unspecified atom stereocenters. The maximum atomic E-state index is 13.4. The molecule has 2 aromatic carbocycles. The SMILES string of the molecule is Cc1c(Cl)cccc1NCCC(=O)NCc1ccccc1F. The smallest absolute Gasteiger partial charge is 0.222 e. The van der Waals surface area contributed by atoms with Crippen LogP contribution < -0.4 is 10.6 Å². The van der Waals surface area contributed by atoms with Gasteiger partial charge in [-0.15, -0.1) is 0 Å². The highest BCUT2D eigenvalue weighted by Crippen LogP contribution is 2.22. The van der Waals surface area contributed by atoms with Crippen LogP contribution in [-0.2, 0) is 11.3 Å². The monoisotopic (exact) mass is 320 g/mol. The Labute approximate surface area is 134 Å². The van der Waals surface area contributed by atoms with E-state index in [-0.39, 0.29) is 18.3 Å². The van der Waals surface area contributed by atoms with Gasteiger partial charge in [-0.05, 0) is 30.7 Å². The molecule has 0 atom stereocenters. The number of benzene rings is 2. The van der Waals surface area contributed by atoms with Gasteiger partial charge in [0.15, 0.2) is 0 Å². The summed E-state index contributed by atoms with van der Waals surface area (Å²) in [6.45, 7) is 2.61. The van der Waals surface area contributed by atoms with Crippen LogP contribution in [0, 0.1) is 12.7 Å². The highest BCUT2D eigenvalue weighted by Gasteiger charge is 2.05. The van der Waals surface area contributed by atoms with Crippen LogP contribution in [0.3, 0.4) is 0 Å². The molecule has 116 valence electrons. The molecule has 1 amide bonds. The first-order valence-corrected chi connectivity index (χ1v) is 7.45. The van der Waals surface area contributed by atoms with Crippen LogP contribution in [0.2, 0.25) is 5.02 Å². The third-order valence-corrected chi connectivity index (χ3v) is 3.78. The Bertz CT molecular complexity index is 661. The summed E-state index contributed by atoms with van der Waals surface area (Å²) in [5.41, 5.74) is 2.35. The predicted octanol–water partition coefficient (Wildman–Crippen LogP) is 3.91. The minimum Gasteiger partial charge on any atom is -0.384 e. The van der Waals surface area contributed by atoms with Crippen LogP contribution in [-0.4, -0.2) is 12.5 Å². The minimum absolute atomic E-state index is 0.129. The Morgan fingerprint density at radius 1 is 1.18 bits per heavy atom. The Hall–Kier alpha value is -2.07. The molecule has 22 heavy (non-hydrogen) atoms. The summed E-state index contributed by atoms with van der Waals surface area (Å²) < 4.78 is 13.4. The average molecular weight is 321 g/mol. The highest BCUT2D eigenvalue weighted by atomic mass is 35.5. The number of carbonyl (C=O) groups is 1. The van der Waals surface area contributed by atoms with Crippen molar-refractivity contribution in [1.82, 2.24) is 5.32 Å². The number of carbonyl (C=O) groups excluding carboxylic acids is 1. The predicted molar refractivity (Wildman–Crippen MR) is 87.5 cm³/mol. The number of rotatable bonds is 6. The lowest BCUT2D eigenvalue weighted by Gasteiger charge is -2.11. The molecule has 3 nitrogen and oxygen atoms in total. The second-order valence-electron chi connectivity index (χ2n) is 4.96. The van der Waals surface area contributed by atoms with Gasteiger partial charge >= 0.3 is 0 Å². The van der Waals surface area contributed by atoms with Crippen molar-refractivity contribution >= 4 is 23.2 Å². The van der Waals surface area contributed by atoms with Crippen LogP contribution in [0.5, 0.6) is 0 Å². The maximum Gasteiger partial charge on any atom is 0.222 e. The van der Waals surface area contributed by atoms with Gasteiger partial charge in [-0.25, -0.2) is 4.39 Å². The summed E-state index contributed by atoms with van der Waals surface area (Å²) in [4.78, 5) is 11.8. The zero-order chi connectivity index (χ0) is 15.9. The summed E-state index contributed by atoms with van der Waals surface area (Å²) in [6.07, 6.45) is 0.306. The molecule has 0 spiro atoms. The Morgan fingerprint density at radius 3 is 2.73 bits per heavy atom. The van der Waals surface area contributed by atoms with E-state index in [9.17, 15) is 9.18 Å².